The molecule has 2 aromatic heterocycles. The fourth-order valence-corrected chi connectivity index (χ4v) is 3.17. The Bertz CT molecular complexity index is 763. The normalized spacial score (nSPS) is 16.6. The monoisotopic (exact) mass is 371 g/mol. The molecule has 1 aliphatic heterocycles. The van der Waals surface area contributed by atoms with Crippen LogP contribution in [-0.2, 0) is 4.74 Å². The van der Waals surface area contributed by atoms with Gasteiger partial charge in [-0.05, 0) is 45.2 Å². The minimum Gasteiger partial charge on any atom is -0.444 e. The summed E-state index contributed by atoms with van der Waals surface area (Å²) in [6.45, 7) is 6.79. The molecule has 2 aromatic rings. The molecule has 3 heterocycles. The van der Waals surface area contributed by atoms with E-state index in [1.165, 1.54) is 0 Å². The van der Waals surface area contributed by atoms with E-state index >= 15 is 0 Å². The highest BCUT2D eigenvalue weighted by Gasteiger charge is 2.29. The summed E-state index contributed by atoms with van der Waals surface area (Å²) in [5, 5.41) is 5.45. The van der Waals surface area contributed by atoms with Gasteiger partial charge in [-0.2, -0.15) is 10.1 Å². The second-order valence-corrected chi connectivity index (χ2v) is 7.50. The number of hydrogen-bond donors (Lipinski definition) is 0. The molecule has 0 spiro atoms. The molecule has 130 valence electrons. The maximum absolute atomic E-state index is 12.1. The lowest BCUT2D eigenvalue weighted by Crippen LogP contribution is -2.42. The summed E-state index contributed by atoms with van der Waals surface area (Å²) in [7, 11) is 0. The number of amides is 1. The van der Waals surface area contributed by atoms with E-state index in [2.05, 4.69) is 15.1 Å². The molecule has 1 aliphatic rings. The van der Waals surface area contributed by atoms with E-state index in [1.54, 1.807) is 11.1 Å². The number of likely N-dealkylation sites (tertiary alicyclic amines) is 1. The molecule has 0 atom stereocenters. The highest BCUT2D eigenvalue weighted by molar-refractivity contribution is 6.35. The standard InChI is InChI=1S/C15H19Cl2N5O2/c1-15(2,3)24-14(23)21-6-4-9(5-7-21)22-12-10(8-18-22)11(16)19-13(17)20-12/h8-9H,4-7H2,1-3H3. The lowest BCUT2D eigenvalue weighted by Gasteiger charge is -2.33. The van der Waals surface area contributed by atoms with E-state index in [-0.39, 0.29) is 17.4 Å². The van der Waals surface area contributed by atoms with Crippen molar-refractivity contribution in [2.24, 2.45) is 0 Å². The molecule has 1 saturated heterocycles. The van der Waals surface area contributed by atoms with Crippen LogP contribution in [0, 0.1) is 0 Å². The van der Waals surface area contributed by atoms with Crippen LogP contribution in [0.5, 0.6) is 0 Å². The van der Waals surface area contributed by atoms with Crippen molar-refractivity contribution in [1.82, 2.24) is 24.6 Å². The van der Waals surface area contributed by atoms with Gasteiger partial charge in [0, 0.05) is 13.1 Å². The minimum atomic E-state index is -0.490. The molecule has 0 N–H and O–H groups in total. The van der Waals surface area contributed by atoms with Gasteiger partial charge in [0.1, 0.15) is 10.8 Å². The Morgan fingerprint density at radius 3 is 2.54 bits per heavy atom. The first kappa shape index (κ1) is 17.2. The summed E-state index contributed by atoms with van der Waals surface area (Å²) in [4.78, 5) is 22.0. The van der Waals surface area contributed by atoms with Gasteiger partial charge in [0.05, 0.1) is 17.6 Å². The molecule has 0 unspecified atom stereocenters. The maximum atomic E-state index is 12.1. The lowest BCUT2D eigenvalue weighted by molar-refractivity contribution is 0.0186. The molecule has 0 aliphatic carbocycles. The van der Waals surface area contributed by atoms with E-state index in [0.29, 0.717) is 29.3 Å². The first-order chi connectivity index (χ1) is 11.2. The Hall–Kier alpha value is -1.60. The maximum Gasteiger partial charge on any atom is 0.410 e. The average molecular weight is 372 g/mol. The van der Waals surface area contributed by atoms with Crippen molar-refractivity contribution < 1.29 is 9.53 Å². The van der Waals surface area contributed by atoms with Crippen molar-refractivity contribution >= 4 is 40.3 Å². The van der Waals surface area contributed by atoms with Crippen molar-refractivity contribution in [2.45, 2.75) is 45.3 Å². The van der Waals surface area contributed by atoms with Gasteiger partial charge >= 0.3 is 6.09 Å². The first-order valence-electron chi connectivity index (χ1n) is 7.79. The van der Waals surface area contributed by atoms with Crippen LogP contribution >= 0.6 is 23.2 Å². The number of nitrogens with zero attached hydrogens (tertiary/aromatic N) is 5. The Labute approximate surface area is 149 Å². The average Bonchev–Trinajstić information content (AvgIpc) is 2.89. The van der Waals surface area contributed by atoms with Gasteiger partial charge < -0.3 is 9.64 Å². The molecule has 0 bridgehead atoms. The number of piperidine rings is 1. The van der Waals surface area contributed by atoms with Crippen LogP contribution in [0.1, 0.15) is 39.7 Å². The molecule has 1 amide bonds. The van der Waals surface area contributed by atoms with Gasteiger partial charge in [-0.15, -0.1) is 0 Å². The van der Waals surface area contributed by atoms with Gasteiger partial charge in [0.25, 0.3) is 0 Å². The van der Waals surface area contributed by atoms with Gasteiger partial charge in [-0.3, -0.25) is 0 Å². The number of carbonyl (C=O) groups excluding carboxylic acids is 1. The number of carbonyl (C=O) groups is 1. The molecule has 3 rings (SSSR count). The summed E-state index contributed by atoms with van der Waals surface area (Å²) in [6.07, 6.45) is 2.89. The molecule has 24 heavy (non-hydrogen) atoms. The number of hydrogen-bond acceptors (Lipinski definition) is 5. The second kappa shape index (κ2) is 6.37. The summed E-state index contributed by atoms with van der Waals surface area (Å²) in [5.41, 5.74) is 0.131. The van der Waals surface area contributed by atoms with Crippen LogP contribution < -0.4 is 0 Å². The minimum absolute atomic E-state index is 0.0976. The number of rotatable bonds is 1. The number of aromatic nitrogens is 4. The summed E-state index contributed by atoms with van der Waals surface area (Å²) < 4.78 is 7.23. The second-order valence-electron chi connectivity index (χ2n) is 6.81. The van der Waals surface area contributed by atoms with Crippen LogP contribution in [0.3, 0.4) is 0 Å². The van der Waals surface area contributed by atoms with Gasteiger partial charge in [0.2, 0.25) is 5.28 Å². The van der Waals surface area contributed by atoms with E-state index in [1.807, 2.05) is 25.5 Å². The van der Waals surface area contributed by atoms with Gasteiger partial charge in [-0.1, -0.05) is 11.6 Å². The molecule has 0 aromatic carbocycles. The predicted molar refractivity (Wildman–Crippen MR) is 91.4 cm³/mol. The Balaban J connectivity index is 1.72. The van der Waals surface area contributed by atoms with E-state index < -0.39 is 5.60 Å². The SMILES string of the molecule is CC(C)(C)OC(=O)N1CCC(n2ncc3c(Cl)nc(Cl)nc32)CC1. The zero-order valence-electron chi connectivity index (χ0n) is 13.8. The van der Waals surface area contributed by atoms with Crippen molar-refractivity contribution in [1.29, 1.82) is 0 Å². The molecular formula is C15H19Cl2N5O2. The highest BCUT2D eigenvalue weighted by atomic mass is 35.5. The third-order valence-electron chi connectivity index (χ3n) is 3.84. The highest BCUT2D eigenvalue weighted by Crippen LogP contribution is 2.29. The fourth-order valence-electron chi connectivity index (χ4n) is 2.75. The topological polar surface area (TPSA) is 73.1 Å². The summed E-state index contributed by atoms with van der Waals surface area (Å²) in [6, 6.07) is 0.128. The predicted octanol–water partition coefficient (Wildman–Crippen LogP) is 3.71. The third-order valence-corrected chi connectivity index (χ3v) is 4.30. The lowest BCUT2D eigenvalue weighted by atomic mass is 10.1. The first-order valence-corrected chi connectivity index (χ1v) is 8.54. The zero-order valence-corrected chi connectivity index (χ0v) is 15.3. The number of halogens is 2. The van der Waals surface area contributed by atoms with Crippen molar-refractivity contribution in [3.8, 4) is 0 Å². The van der Waals surface area contributed by atoms with Crippen molar-refractivity contribution in [2.75, 3.05) is 13.1 Å². The zero-order chi connectivity index (χ0) is 17.5. The smallest absolute Gasteiger partial charge is 0.410 e. The van der Waals surface area contributed by atoms with E-state index in [9.17, 15) is 4.79 Å². The number of fused-ring (bicyclic) bond motifs is 1. The van der Waals surface area contributed by atoms with Crippen LogP contribution in [0.2, 0.25) is 10.4 Å². The molecule has 7 nitrogen and oxygen atoms in total. The van der Waals surface area contributed by atoms with Crippen molar-refractivity contribution in [3.05, 3.63) is 16.6 Å². The Morgan fingerprint density at radius 2 is 1.92 bits per heavy atom. The Morgan fingerprint density at radius 1 is 1.25 bits per heavy atom. The van der Waals surface area contributed by atoms with E-state index in [4.69, 9.17) is 27.9 Å². The van der Waals surface area contributed by atoms with Crippen LogP contribution in [0.15, 0.2) is 6.20 Å². The summed E-state index contributed by atoms with van der Waals surface area (Å²) >= 11 is 12.0. The third kappa shape index (κ3) is 3.57. The number of ether oxygens (including phenoxy) is 1. The molecule has 0 radical (unpaired) electrons. The quantitative estimate of drug-likeness (QED) is 0.564. The van der Waals surface area contributed by atoms with Crippen LogP contribution in [-0.4, -0.2) is 49.4 Å². The van der Waals surface area contributed by atoms with Crippen LogP contribution in [0.25, 0.3) is 11.0 Å². The van der Waals surface area contributed by atoms with Crippen molar-refractivity contribution in [3.63, 3.8) is 0 Å². The van der Waals surface area contributed by atoms with Crippen LogP contribution in [0.4, 0.5) is 4.79 Å². The largest absolute Gasteiger partial charge is 0.444 e. The van der Waals surface area contributed by atoms with Gasteiger partial charge in [-0.25, -0.2) is 14.5 Å². The molecule has 1 fully saturated rings. The van der Waals surface area contributed by atoms with E-state index in [0.717, 1.165) is 12.8 Å². The fraction of sp³-hybridized carbons (Fsp3) is 0.600. The summed E-state index contributed by atoms with van der Waals surface area (Å²) in [5.74, 6) is 0. The molecular weight excluding hydrogens is 353 g/mol. The molecule has 9 heteroatoms. The Kier molecular flexibility index (Phi) is 4.57. The van der Waals surface area contributed by atoms with Gasteiger partial charge in [0.15, 0.2) is 5.65 Å². The molecule has 0 saturated carbocycles.